The molecule has 0 saturated carbocycles. The number of likely N-dealkylation sites (N-methyl/N-ethyl adjacent to an activating group) is 1. The van der Waals surface area contributed by atoms with Gasteiger partial charge in [-0.05, 0) is 70.0 Å². The number of hydrogen-bond donors (Lipinski definition) is 2. The van der Waals surface area contributed by atoms with Gasteiger partial charge in [-0.15, -0.1) is 0 Å². The van der Waals surface area contributed by atoms with E-state index in [1.807, 2.05) is 13.8 Å². The molecule has 4 rings (SSSR count). The molecule has 0 fully saturated rings. The third-order valence-electron chi connectivity index (χ3n) is 6.64. The highest BCUT2D eigenvalue weighted by atomic mass is 19.1. The molecule has 0 atom stereocenters. The van der Waals surface area contributed by atoms with Gasteiger partial charge in [-0.1, -0.05) is 19.1 Å². The largest absolute Gasteiger partial charge is 0.444 e. The van der Waals surface area contributed by atoms with E-state index in [9.17, 15) is 14.4 Å². The Morgan fingerprint density at radius 2 is 1.73 bits per heavy atom. The van der Waals surface area contributed by atoms with E-state index in [4.69, 9.17) is 9.72 Å². The number of pyridine rings is 1. The Balaban J connectivity index is 1.86. The molecule has 0 aliphatic heterocycles. The molecule has 2 heterocycles. The number of aromatic nitrogens is 3. The van der Waals surface area contributed by atoms with Crippen molar-refractivity contribution in [2.45, 2.75) is 46.6 Å². The number of anilines is 1. The van der Waals surface area contributed by atoms with Gasteiger partial charge in [0.25, 0.3) is 11.5 Å². The molecule has 2 N–H and O–H groups in total. The molecule has 2 aromatic heterocycles. The average Bonchev–Trinajstić information content (AvgIpc) is 2.95. The van der Waals surface area contributed by atoms with Gasteiger partial charge in [0.1, 0.15) is 22.9 Å². The minimum atomic E-state index is -0.945. The lowest BCUT2D eigenvalue weighted by atomic mass is 9.99. The Kier molecular flexibility index (Phi) is 9.61. The number of rotatable bonds is 9. The average molecular weight is 607 g/mol. The van der Waals surface area contributed by atoms with Crippen LogP contribution in [0.3, 0.4) is 0 Å². The Bertz CT molecular complexity index is 1750. The zero-order valence-electron chi connectivity index (χ0n) is 25.6. The topological polar surface area (TPSA) is 118 Å². The van der Waals surface area contributed by atoms with Crippen molar-refractivity contribution in [3.63, 3.8) is 0 Å². The first-order valence-electron chi connectivity index (χ1n) is 14.3. The molecule has 0 bridgehead atoms. The molecule has 0 spiro atoms. The lowest BCUT2D eigenvalue weighted by molar-refractivity contribution is 0.0305. The zero-order valence-corrected chi connectivity index (χ0v) is 25.6. The van der Waals surface area contributed by atoms with Crippen LogP contribution in [-0.4, -0.2) is 63.7 Å². The van der Waals surface area contributed by atoms with Crippen molar-refractivity contribution in [1.82, 2.24) is 24.8 Å². The minimum absolute atomic E-state index is 0.0430. The standard InChI is InChI=1S/C32H36F2N6O4/c1-7-15-35-29(42)20-12-11-19(2)22(18-20)26-21-13-14-25(41)40(27-23(33)9-8-10-24(27)34)28(21)38-30(37-26)36-16-17-39(6)31(43)44-32(3,4)5/h8-14,18H,7,15-17H2,1-6H3,(H,35,42)(H,36,37,38). The Hall–Kier alpha value is -4.87. The number of fused-ring (bicyclic) bond motifs is 1. The molecule has 44 heavy (non-hydrogen) atoms. The van der Waals surface area contributed by atoms with Crippen LogP contribution in [0.1, 0.15) is 50.0 Å². The predicted octanol–water partition coefficient (Wildman–Crippen LogP) is 5.45. The Morgan fingerprint density at radius 1 is 1.02 bits per heavy atom. The summed E-state index contributed by atoms with van der Waals surface area (Å²) < 4.78 is 36.3. The summed E-state index contributed by atoms with van der Waals surface area (Å²) >= 11 is 0. The lowest BCUT2D eigenvalue weighted by Gasteiger charge is -2.24. The molecule has 4 aromatic rings. The highest BCUT2D eigenvalue weighted by Gasteiger charge is 2.22. The lowest BCUT2D eigenvalue weighted by Crippen LogP contribution is -2.36. The summed E-state index contributed by atoms with van der Waals surface area (Å²) in [5.74, 6) is -2.11. The number of aryl methyl sites for hydroxylation is 1. The summed E-state index contributed by atoms with van der Waals surface area (Å²) in [7, 11) is 1.58. The van der Waals surface area contributed by atoms with Crippen molar-refractivity contribution >= 4 is 29.0 Å². The fourth-order valence-electron chi connectivity index (χ4n) is 4.44. The third-order valence-corrected chi connectivity index (χ3v) is 6.64. The van der Waals surface area contributed by atoms with Gasteiger partial charge < -0.3 is 20.3 Å². The first-order valence-corrected chi connectivity index (χ1v) is 14.3. The van der Waals surface area contributed by atoms with Crippen molar-refractivity contribution in [1.29, 1.82) is 0 Å². The van der Waals surface area contributed by atoms with E-state index >= 15 is 8.78 Å². The van der Waals surface area contributed by atoms with Gasteiger partial charge >= 0.3 is 6.09 Å². The van der Waals surface area contributed by atoms with Crippen LogP contribution in [0, 0.1) is 18.6 Å². The number of hydrogen-bond acceptors (Lipinski definition) is 7. The zero-order chi connectivity index (χ0) is 32.2. The first-order chi connectivity index (χ1) is 20.8. The van der Waals surface area contributed by atoms with Crippen molar-refractivity contribution < 1.29 is 23.1 Å². The van der Waals surface area contributed by atoms with Crippen LogP contribution in [0.5, 0.6) is 0 Å². The number of ether oxygens (including phenoxy) is 1. The van der Waals surface area contributed by atoms with Crippen LogP contribution in [0.15, 0.2) is 53.3 Å². The first kappa shape index (κ1) is 32.1. The molecule has 0 aliphatic carbocycles. The summed E-state index contributed by atoms with van der Waals surface area (Å²) in [6.07, 6.45) is 0.251. The summed E-state index contributed by atoms with van der Waals surface area (Å²) in [5.41, 5.74) is 0.0745. The maximum absolute atomic E-state index is 15.0. The Labute approximate surface area is 254 Å². The fourth-order valence-corrected chi connectivity index (χ4v) is 4.44. The smallest absolute Gasteiger partial charge is 0.410 e. The molecule has 10 nitrogen and oxygen atoms in total. The van der Waals surface area contributed by atoms with Crippen molar-refractivity contribution in [2.75, 3.05) is 32.0 Å². The quantitative estimate of drug-likeness (QED) is 0.260. The van der Waals surface area contributed by atoms with Crippen LogP contribution in [0.2, 0.25) is 0 Å². The van der Waals surface area contributed by atoms with Crippen LogP contribution < -0.4 is 16.2 Å². The molecule has 2 aromatic carbocycles. The number of amides is 2. The van der Waals surface area contributed by atoms with Gasteiger partial charge in [0, 0.05) is 49.3 Å². The number of carbonyl (C=O) groups excluding carboxylic acids is 2. The van der Waals surface area contributed by atoms with E-state index < -0.39 is 34.6 Å². The van der Waals surface area contributed by atoms with Crippen LogP contribution >= 0.6 is 0 Å². The summed E-state index contributed by atoms with van der Waals surface area (Å²) in [6.45, 7) is 9.99. The molecular formula is C32H36F2N6O4. The number of para-hydroxylation sites is 1. The fraction of sp³-hybridized carbons (Fsp3) is 0.344. The molecule has 0 radical (unpaired) electrons. The van der Waals surface area contributed by atoms with Crippen molar-refractivity contribution in [3.8, 4) is 16.9 Å². The van der Waals surface area contributed by atoms with E-state index in [0.717, 1.165) is 28.7 Å². The molecule has 0 aliphatic rings. The molecule has 12 heteroatoms. The minimum Gasteiger partial charge on any atom is -0.444 e. The molecule has 232 valence electrons. The summed E-state index contributed by atoms with van der Waals surface area (Å²) in [6, 6.07) is 11.2. The van der Waals surface area contributed by atoms with Gasteiger partial charge in [0.2, 0.25) is 5.95 Å². The number of benzene rings is 2. The summed E-state index contributed by atoms with van der Waals surface area (Å²) in [4.78, 5) is 49.0. The number of nitrogens with one attached hydrogen (secondary N) is 2. The SMILES string of the molecule is CCCNC(=O)c1ccc(C)c(-c2nc(NCCN(C)C(=O)OC(C)(C)C)nc3c2ccc(=O)n3-c2c(F)cccc2F)c1. The van der Waals surface area contributed by atoms with E-state index in [-0.39, 0.29) is 30.6 Å². The second kappa shape index (κ2) is 13.2. The van der Waals surface area contributed by atoms with E-state index in [2.05, 4.69) is 15.6 Å². The third kappa shape index (κ3) is 7.19. The van der Waals surface area contributed by atoms with Crippen molar-refractivity contribution in [3.05, 3.63) is 81.6 Å². The predicted molar refractivity (Wildman–Crippen MR) is 165 cm³/mol. The van der Waals surface area contributed by atoms with Crippen LogP contribution in [0.4, 0.5) is 19.5 Å². The van der Waals surface area contributed by atoms with Gasteiger partial charge in [0.15, 0.2) is 5.65 Å². The number of carbonyl (C=O) groups is 2. The van der Waals surface area contributed by atoms with Gasteiger partial charge in [-0.2, -0.15) is 4.98 Å². The van der Waals surface area contributed by atoms with Crippen LogP contribution in [0.25, 0.3) is 28.0 Å². The van der Waals surface area contributed by atoms with Gasteiger partial charge in [-0.3, -0.25) is 14.2 Å². The monoisotopic (exact) mass is 606 g/mol. The molecular weight excluding hydrogens is 570 g/mol. The van der Waals surface area contributed by atoms with Gasteiger partial charge in [-0.25, -0.2) is 18.6 Å². The maximum atomic E-state index is 15.0. The molecule has 2 amide bonds. The van der Waals surface area contributed by atoms with E-state index in [0.29, 0.717) is 28.8 Å². The number of halogens is 2. The van der Waals surface area contributed by atoms with Crippen LogP contribution in [-0.2, 0) is 4.74 Å². The highest BCUT2D eigenvalue weighted by Crippen LogP contribution is 2.31. The Morgan fingerprint density at radius 3 is 2.39 bits per heavy atom. The molecule has 0 unspecified atom stereocenters. The second-order valence-corrected chi connectivity index (χ2v) is 11.3. The van der Waals surface area contributed by atoms with E-state index in [1.165, 1.54) is 23.1 Å². The van der Waals surface area contributed by atoms with E-state index in [1.54, 1.807) is 46.0 Å². The summed E-state index contributed by atoms with van der Waals surface area (Å²) in [5, 5.41) is 6.24. The molecule has 0 saturated heterocycles. The van der Waals surface area contributed by atoms with Gasteiger partial charge in [0.05, 0.1) is 5.69 Å². The normalized spacial score (nSPS) is 11.4. The van der Waals surface area contributed by atoms with Crippen molar-refractivity contribution in [2.24, 2.45) is 0 Å². The maximum Gasteiger partial charge on any atom is 0.410 e. The highest BCUT2D eigenvalue weighted by molar-refractivity contribution is 5.98. The number of nitrogens with zero attached hydrogens (tertiary/aromatic N) is 4. The second-order valence-electron chi connectivity index (χ2n) is 11.3.